The van der Waals surface area contributed by atoms with Crippen LogP contribution in [0.3, 0.4) is 0 Å². The van der Waals surface area contributed by atoms with E-state index in [0.29, 0.717) is 6.61 Å². The van der Waals surface area contributed by atoms with E-state index in [1.54, 1.807) is 0 Å². The SMILES string of the molecule is CCCOC(=O)c1ccc([N+](=O)[O-])n1C. The molecule has 0 aliphatic heterocycles. The summed E-state index contributed by atoms with van der Waals surface area (Å²) >= 11 is 0. The molecule has 1 aromatic rings. The molecule has 6 heteroatoms. The van der Waals surface area contributed by atoms with Crippen LogP contribution < -0.4 is 0 Å². The van der Waals surface area contributed by atoms with Crippen LogP contribution in [0.4, 0.5) is 5.82 Å². The van der Waals surface area contributed by atoms with Crippen LogP contribution in [0.25, 0.3) is 0 Å². The minimum absolute atomic E-state index is 0.126. The first-order chi connectivity index (χ1) is 7.07. The molecule has 6 nitrogen and oxygen atoms in total. The molecule has 1 rings (SSSR count). The number of esters is 1. The van der Waals surface area contributed by atoms with Crippen LogP contribution in [0.5, 0.6) is 0 Å². The van der Waals surface area contributed by atoms with Gasteiger partial charge in [0, 0.05) is 12.1 Å². The first-order valence-electron chi connectivity index (χ1n) is 4.55. The van der Waals surface area contributed by atoms with Crippen molar-refractivity contribution in [2.24, 2.45) is 7.05 Å². The van der Waals surface area contributed by atoms with Gasteiger partial charge in [0.05, 0.1) is 13.7 Å². The molecule has 0 aliphatic carbocycles. The second-order valence-corrected chi connectivity index (χ2v) is 3.03. The predicted octanol–water partition coefficient (Wildman–Crippen LogP) is 1.50. The van der Waals surface area contributed by atoms with Gasteiger partial charge < -0.3 is 14.9 Å². The van der Waals surface area contributed by atoms with Gasteiger partial charge in [0.1, 0.15) is 0 Å². The lowest BCUT2D eigenvalue weighted by molar-refractivity contribution is -0.391. The Bertz CT molecular complexity index is 383. The highest BCUT2D eigenvalue weighted by molar-refractivity contribution is 5.88. The van der Waals surface area contributed by atoms with Crippen LogP contribution in [0.1, 0.15) is 23.8 Å². The molecule has 0 bridgehead atoms. The van der Waals surface area contributed by atoms with Gasteiger partial charge in [-0.25, -0.2) is 9.36 Å². The minimum atomic E-state index is -0.545. The highest BCUT2D eigenvalue weighted by atomic mass is 16.6. The Morgan fingerprint density at radius 2 is 2.27 bits per heavy atom. The van der Waals surface area contributed by atoms with Crippen molar-refractivity contribution in [3.8, 4) is 0 Å². The van der Waals surface area contributed by atoms with Crippen LogP contribution >= 0.6 is 0 Å². The van der Waals surface area contributed by atoms with Crippen molar-refractivity contribution in [3.05, 3.63) is 27.9 Å². The number of hydrogen-bond donors (Lipinski definition) is 0. The number of aromatic nitrogens is 1. The summed E-state index contributed by atoms with van der Waals surface area (Å²) in [6.07, 6.45) is 0.720. The zero-order chi connectivity index (χ0) is 11.4. The van der Waals surface area contributed by atoms with E-state index in [0.717, 1.165) is 6.42 Å². The van der Waals surface area contributed by atoms with Crippen molar-refractivity contribution < 1.29 is 14.5 Å². The van der Waals surface area contributed by atoms with Crippen molar-refractivity contribution in [2.75, 3.05) is 6.61 Å². The summed E-state index contributed by atoms with van der Waals surface area (Å²) in [5.41, 5.74) is 0.190. The maximum absolute atomic E-state index is 11.4. The molecule has 0 unspecified atom stereocenters. The lowest BCUT2D eigenvalue weighted by Gasteiger charge is -2.01. The van der Waals surface area contributed by atoms with Gasteiger partial charge in [-0.05, 0) is 11.3 Å². The van der Waals surface area contributed by atoms with E-state index in [4.69, 9.17) is 4.74 Å². The van der Waals surface area contributed by atoms with Crippen molar-refractivity contribution >= 4 is 11.8 Å². The quantitative estimate of drug-likeness (QED) is 0.430. The van der Waals surface area contributed by atoms with Crippen LogP contribution in [-0.2, 0) is 11.8 Å². The number of nitro groups is 1. The number of carbonyl (C=O) groups is 1. The van der Waals surface area contributed by atoms with E-state index >= 15 is 0 Å². The lowest BCUT2D eigenvalue weighted by atomic mass is 10.4. The summed E-state index contributed by atoms with van der Waals surface area (Å²) in [6.45, 7) is 2.19. The molecule has 15 heavy (non-hydrogen) atoms. The topological polar surface area (TPSA) is 74.4 Å². The van der Waals surface area contributed by atoms with Crippen molar-refractivity contribution in [1.82, 2.24) is 4.57 Å². The average molecular weight is 212 g/mol. The van der Waals surface area contributed by atoms with Crippen molar-refractivity contribution in [3.63, 3.8) is 0 Å². The Hall–Kier alpha value is -1.85. The molecular weight excluding hydrogens is 200 g/mol. The molecule has 0 aliphatic rings. The first kappa shape index (κ1) is 11.2. The largest absolute Gasteiger partial charge is 0.459 e. The molecule has 0 spiro atoms. The number of ether oxygens (including phenoxy) is 1. The normalized spacial score (nSPS) is 10.0. The fraction of sp³-hybridized carbons (Fsp3) is 0.444. The second-order valence-electron chi connectivity index (χ2n) is 3.03. The first-order valence-corrected chi connectivity index (χ1v) is 4.55. The van der Waals surface area contributed by atoms with Crippen LogP contribution in [0.15, 0.2) is 12.1 Å². The summed E-state index contributed by atoms with van der Waals surface area (Å²) in [5, 5.41) is 10.5. The van der Waals surface area contributed by atoms with E-state index in [-0.39, 0.29) is 11.5 Å². The maximum atomic E-state index is 11.4. The summed E-state index contributed by atoms with van der Waals surface area (Å²) in [6, 6.07) is 2.67. The fourth-order valence-electron chi connectivity index (χ4n) is 1.16. The van der Waals surface area contributed by atoms with E-state index in [1.165, 1.54) is 23.7 Å². The molecular formula is C9H12N2O4. The molecule has 0 aromatic carbocycles. The third-order valence-corrected chi connectivity index (χ3v) is 1.93. The molecule has 0 saturated carbocycles. The van der Waals surface area contributed by atoms with E-state index in [2.05, 4.69) is 0 Å². The van der Waals surface area contributed by atoms with Crippen molar-refractivity contribution in [1.29, 1.82) is 0 Å². The predicted molar refractivity (Wildman–Crippen MR) is 52.6 cm³/mol. The smallest absolute Gasteiger partial charge is 0.378 e. The molecule has 0 saturated heterocycles. The van der Waals surface area contributed by atoms with E-state index < -0.39 is 10.9 Å². The van der Waals surface area contributed by atoms with E-state index in [9.17, 15) is 14.9 Å². The number of rotatable bonds is 4. The van der Waals surface area contributed by atoms with Gasteiger partial charge in [0.2, 0.25) is 5.69 Å². The second kappa shape index (κ2) is 4.59. The Labute approximate surface area is 86.6 Å². The third kappa shape index (κ3) is 2.34. The summed E-state index contributed by atoms with van der Waals surface area (Å²) < 4.78 is 6.08. The highest BCUT2D eigenvalue weighted by Crippen LogP contribution is 2.15. The zero-order valence-corrected chi connectivity index (χ0v) is 8.60. The molecule has 1 aromatic heterocycles. The van der Waals surface area contributed by atoms with Gasteiger partial charge in [0.15, 0.2) is 0 Å². The standard InChI is InChI=1S/C9H12N2O4/c1-3-6-15-9(12)7-4-5-8(10(7)2)11(13)14/h4-5H,3,6H2,1-2H3. The molecule has 0 amide bonds. The summed E-state index contributed by atoms with van der Waals surface area (Å²) in [4.78, 5) is 21.4. The monoisotopic (exact) mass is 212 g/mol. The number of nitrogens with zero attached hydrogens (tertiary/aromatic N) is 2. The van der Waals surface area contributed by atoms with Gasteiger partial charge in [-0.15, -0.1) is 0 Å². The van der Waals surface area contributed by atoms with Crippen LogP contribution in [-0.4, -0.2) is 22.1 Å². The molecule has 1 heterocycles. The maximum Gasteiger partial charge on any atom is 0.378 e. The lowest BCUT2D eigenvalue weighted by Crippen LogP contribution is -2.11. The minimum Gasteiger partial charge on any atom is -0.459 e. The third-order valence-electron chi connectivity index (χ3n) is 1.93. The fourth-order valence-corrected chi connectivity index (χ4v) is 1.16. The van der Waals surface area contributed by atoms with Crippen molar-refractivity contribution in [2.45, 2.75) is 13.3 Å². The zero-order valence-electron chi connectivity index (χ0n) is 8.60. The van der Waals surface area contributed by atoms with Gasteiger partial charge in [-0.1, -0.05) is 6.92 Å². The summed E-state index contributed by atoms with van der Waals surface area (Å²) in [5.74, 6) is -0.661. The highest BCUT2D eigenvalue weighted by Gasteiger charge is 2.21. The summed E-state index contributed by atoms with van der Waals surface area (Å²) in [7, 11) is 1.46. The Balaban J connectivity index is 2.86. The molecule has 82 valence electrons. The molecule has 0 N–H and O–H groups in total. The molecule has 0 radical (unpaired) electrons. The number of hydrogen-bond acceptors (Lipinski definition) is 4. The van der Waals surface area contributed by atoms with Gasteiger partial charge in [0.25, 0.3) is 0 Å². The van der Waals surface area contributed by atoms with E-state index in [1.807, 2.05) is 6.92 Å². The molecule has 0 atom stereocenters. The Kier molecular flexibility index (Phi) is 3.43. The van der Waals surface area contributed by atoms with Gasteiger partial charge >= 0.3 is 11.8 Å². The van der Waals surface area contributed by atoms with Crippen LogP contribution in [0.2, 0.25) is 0 Å². The average Bonchev–Trinajstić information content (AvgIpc) is 2.56. The van der Waals surface area contributed by atoms with Crippen LogP contribution in [0, 0.1) is 10.1 Å². The Morgan fingerprint density at radius 3 is 2.73 bits per heavy atom. The van der Waals surface area contributed by atoms with Gasteiger partial charge in [-0.3, -0.25) is 0 Å². The molecule has 0 fully saturated rings. The van der Waals surface area contributed by atoms with Gasteiger partial charge in [-0.2, -0.15) is 0 Å². The Morgan fingerprint density at radius 1 is 1.60 bits per heavy atom. The number of carbonyl (C=O) groups excluding carboxylic acids is 1.